The third-order valence-corrected chi connectivity index (χ3v) is 5.78. The second-order valence-electron chi connectivity index (χ2n) is 8.10. The van der Waals surface area contributed by atoms with Crippen molar-refractivity contribution >= 4 is 17.5 Å². The van der Waals surface area contributed by atoms with Gasteiger partial charge >= 0.3 is 0 Å². The molecule has 0 aliphatic carbocycles. The summed E-state index contributed by atoms with van der Waals surface area (Å²) in [5, 5.41) is 0. The van der Waals surface area contributed by atoms with Crippen molar-refractivity contribution in [2.45, 2.75) is 13.8 Å². The summed E-state index contributed by atoms with van der Waals surface area (Å²) in [6.07, 6.45) is 0. The number of aryl methyl sites for hydroxylation is 2. The molecule has 2 aromatic rings. The summed E-state index contributed by atoms with van der Waals surface area (Å²) in [6.45, 7) is 10.9. The highest BCUT2D eigenvalue weighted by atomic mass is 16.2. The molecule has 0 bridgehead atoms. The first-order chi connectivity index (χ1) is 14.0. The molecule has 2 fully saturated rings. The van der Waals surface area contributed by atoms with Crippen molar-refractivity contribution in [3.8, 4) is 0 Å². The third-order valence-electron chi connectivity index (χ3n) is 5.78. The Labute approximate surface area is 172 Å². The molecule has 1 aromatic carbocycles. The van der Waals surface area contributed by atoms with Gasteiger partial charge in [-0.05, 0) is 44.7 Å². The summed E-state index contributed by atoms with van der Waals surface area (Å²) in [6, 6.07) is 10.4. The van der Waals surface area contributed by atoms with Crippen LogP contribution < -0.4 is 9.80 Å². The minimum atomic E-state index is 0.00905. The van der Waals surface area contributed by atoms with E-state index in [9.17, 15) is 4.79 Å². The zero-order chi connectivity index (χ0) is 20.4. The zero-order valence-electron chi connectivity index (χ0n) is 17.6. The highest BCUT2D eigenvalue weighted by molar-refractivity contribution is 5.93. The Morgan fingerprint density at radius 3 is 2.24 bits per heavy atom. The van der Waals surface area contributed by atoms with E-state index in [-0.39, 0.29) is 5.91 Å². The zero-order valence-corrected chi connectivity index (χ0v) is 17.6. The number of piperazine rings is 2. The molecule has 1 amide bonds. The molecule has 0 saturated carbocycles. The maximum absolute atomic E-state index is 13.1. The summed E-state index contributed by atoms with van der Waals surface area (Å²) in [5.74, 6) is 0.689. The Morgan fingerprint density at radius 1 is 0.862 bits per heavy atom. The second-order valence-corrected chi connectivity index (χ2v) is 8.10. The second kappa shape index (κ2) is 8.37. The van der Waals surface area contributed by atoms with E-state index in [1.807, 2.05) is 17.9 Å². The van der Waals surface area contributed by atoms with E-state index in [1.165, 1.54) is 11.3 Å². The molecule has 2 saturated heterocycles. The first kappa shape index (κ1) is 19.6. The number of hydrogen-bond donors (Lipinski definition) is 0. The molecule has 2 aliphatic rings. The Balaban J connectivity index is 1.43. The number of nitrogens with zero attached hydrogens (tertiary/aromatic N) is 6. The molecular weight excluding hydrogens is 364 g/mol. The van der Waals surface area contributed by atoms with Crippen LogP contribution in [0.4, 0.5) is 11.6 Å². The Hall–Kier alpha value is -2.67. The van der Waals surface area contributed by atoms with Crippen molar-refractivity contribution in [3.05, 3.63) is 47.3 Å². The van der Waals surface area contributed by atoms with Gasteiger partial charge in [0.25, 0.3) is 5.91 Å². The largest absolute Gasteiger partial charge is 0.368 e. The van der Waals surface area contributed by atoms with E-state index in [1.54, 1.807) is 0 Å². The van der Waals surface area contributed by atoms with Gasteiger partial charge in [0.05, 0.1) is 0 Å². The van der Waals surface area contributed by atoms with Gasteiger partial charge in [0.1, 0.15) is 5.69 Å². The van der Waals surface area contributed by atoms with Gasteiger partial charge in [0.15, 0.2) is 0 Å². The Kier molecular flexibility index (Phi) is 5.67. The lowest BCUT2D eigenvalue weighted by molar-refractivity contribution is 0.0740. The van der Waals surface area contributed by atoms with Crippen LogP contribution in [0.1, 0.15) is 21.7 Å². The molecule has 0 N–H and O–H groups in total. The van der Waals surface area contributed by atoms with E-state index >= 15 is 0 Å². The molecule has 0 spiro atoms. The first-order valence-corrected chi connectivity index (χ1v) is 10.4. The lowest BCUT2D eigenvalue weighted by atomic mass is 10.2. The van der Waals surface area contributed by atoms with E-state index in [0.717, 1.165) is 45.0 Å². The summed E-state index contributed by atoms with van der Waals surface area (Å²) < 4.78 is 0. The Morgan fingerprint density at radius 2 is 1.55 bits per heavy atom. The number of benzene rings is 1. The molecule has 2 aliphatic heterocycles. The van der Waals surface area contributed by atoms with Crippen LogP contribution in [0.3, 0.4) is 0 Å². The summed E-state index contributed by atoms with van der Waals surface area (Å²) in [7, 11) is 2.12. The third kappa shape index (κ3) is 4.50. The monoisotopic (exact) mass is 394 g/mol. The number of likely N-dealkylation sites (N-methyl/N-ethyl adjacent to an activating group) is 1. The Bertz CT molecular complexity index is 869. The number of carbonyl (C=O) groups is 1. The van der Waals surface area contributed by atoms with Crippen molar-refractivity contribution in [1.29, 1.82) is 0 Å². The van der Waals surface area contributed by atoms with Gasteiger partial charge in [-0.1, -0.05) is 12.1 Å². The smallest absolute Gasteiger partial charge is 0.272 e. The van der Waals surface area contributed by atoms with Crippen molar-refractivity contribution in [3.63, 3.8) is 0 Å². The van der Waals surface area contributed by atoms with Crippen LogP contribution in [0, 0.1) is 13.8 Å². The van der Waals surface area contributed by atoms with Crippen LogP contribution in [0.2, 0.25) is 0 Å². The molecular formula is C22H30N6O. The number of aromatic nitrogens is 2. The SMILES string of the molecule is Cc1cccc(N2CCN(C(=O)c3cc(C)nc(N4CCN(C)CC4)n3)CC2)c1. The maximum atomic E-state index is 13.1. The van der Waals surface area contributed by atoms with Gasteiger partial charge in [-0.15, -0.1) is 0 Å². The molecule has 154 valence electrons. The minimum Gasteiger partial charge on any atom is -0.368 e. The first-order valence-electron chi connectivity index (χ1n) is 10.4. The number of amides is 1. The summed E-state index contributed by atoms with van der Waals surface area (Å²) in [4.78, 5) is 31.1. The van der Waals surface area contributed by atoms with Crippen molar-refractivity contribution in [1.82, 2.24) is 19.8 Å². The number of anilines is 2. The molecule has 4 rings (SSSR count). The standard InChI is InChI=1S/C22H30N6O/c1-17-5-4-6-19(15-17)26-11-13-27(14-12-26)21(29)20-16-18(2)23-22(24-20)28-9-7-25(3)8-10-28/h4-6,15-16H,7-14H2,1-3H3. The lowest BCUT2D eigenvalue weighted by Gasteiger charge is -2.36. The predicted octanol–water partition coefficient (Wildman–Crippen LogP) is 1.81. The van der Waals surface area contributed by atoms with Crippen LogP contribution >= 0.6 is 0 Å². The molecule has 7 heteroatoms. The minimum absolute atomic E-state index is 0.00905. The van der Waals surface area contributed by atoms with E-state index in [4.69, 9.17) is 0 Å². The van der Waals surface area contributed by atoms with Crippen molar-refractivity contribution < 1.29 is 4.79 Å². The molecule has 3 heterocycles. The molecule has 0 radical (unpaired) electrons. The van der Waals surface area contributed by atoms with Gasteiger partial charge in [0.2, 0.25) is 5.95 Å². The average molecular weight is 395 g/mol. The van der Waals surface area contributed by atoms with E-state index in [0.29, 0.717) is 24.7 Å². The van der Waals surface area contributed by atoms with E-state index in [2.05, 4.69) is 62.9 Å². The van der Waals surface area contributed by atoms with Gasteiger partial charge in [-0.2, -0.15) is 0 Å². The van der Waals surface area contributed by atoms with Gasteiger partial charge in [-0.3, -0.25) is 4.79 Å². The molecule has 0 unspecified atom stereocenters. The van der Waals surface area contributed by atoms with Gasteiger partial charge in [-0.25, -0.2) is 9.97 Å². The van der Waals surface area contributed by atoms with Crippen molar-refractivity contribution in [2.75, 3.05) is 69.2 Å². The highest BCUT2D eigenvalue weighted by Crippen LogP contribution is 2.19. The van der Waals surface area contributed by atoms with Crippen molar-refractivity contribution in [2.24, 2.45) is 0 Å². The lowest BCUT2D eigenvalue weighted by Crippen LogP contribution is -2.49. The molecule has 1 aromatic heterocycles. The number of carbonyl (C=O) groups excluding carboxylic acids is 1. The average Bonchev–Trinajstić information content (AvgIpc) is 2.73. The number of hydrogen-bond acceptors (Lipinski definition) is 6. The quantitative estimate of drug-likeness (QED) is 0.791. The molecule has 0 atom stereocenters. The van der Waals surface area contributed by atoms with Crippen LogP contribution in [0.15, 0.2) is 30.3 Å². The topological polar surface area (TPSA) is 55.8 Å². The summed E-state index contributed by atoms with van der Waals surface area (Å²) in [5.41, 5.74) is 3.84. The van der Waals surface area contributed by atoms with Gasteiger partial charge in [0, 0.05) is 63.7 Å². The number of rotatable bonds is 3. The van der Waals surface area contributed by atoms with Crippen LogP contribution in [0.5, 0.6) is 0 Å². The van der Waals surface area contributed by atoms with E-state index < -0.39 is 0 Å². The van der Waals surface area contributed by atoms with Crippen LogP contribution in [0.25, 0.3) is 0 Å². The molecule has 7 nitrogen and oxygen atoms in total. The normalized spacial score (nSPS) is 18.2. The molecule has 29 heavy (non-hydrogen) atoms. The van der Waals surface area contributed by atoms with Gasteiger partial charge < -0.3 is 19.6 Å². The fourth-order valence-electron chi connectivity index (χ4n) is 3.96. The summed E-state index contributed by atoms with van der Waals surface area (Å²) >= 11 is 0. The highest BCUT2D eigenvalue weighted by Gasteiger charge is 2.25. The predicted molar refractivity (Wildman–Crippen MR) is 116 cm³/mol. The fourth-order valence-corrected chi connectivity index (χ4v) is 3.96. The van der Waals surface area contributed by atoms with Crippen LogP contribution in [-0.4, -0.2) is 85.1 Å². The maximum Gasteiger partial charge on any atom is 0.272 e. The van der Waals surface area contributed by atoms with Crippen LogP contribution in [-0.2, 0) is 0 Å². The fraction of sp³-hybridized carbons (Fsp3) is 0.500.